The maximum atomic E-state index is 12.3. The average molecular weight is 389 g/mol. The molecule has 0 aromatic heterocycles. The molecule has 1 N–H and O–H groups in total. The number of nitrogens with zero attached hydrogens (tertiary/aromatic N) is 2. The van der Waals surface area contributed by atoms with Gasteiger partial charge in [-0.3, -0.25) is 24.5 Å². The van der Waals surface area contributed by atoms with Gasteiger partial charge in [0.1, 0.15) is 0 Å². The summed E-state index contributed by atoms with van der Waals surface area (Å²) in [4.78, 5) is 48.5. The highest BCUT2D eigenvalue weighted by Gasteiger charge is 2.36. The van der Waals surface area contributed by atoms with E-state index in [2.05, 4.69) is 5.32 Å². The van der Waals surface area contributed by atoms with E-state index in [9.17, 15) is 24.5 Å². The van der Waals surface area contributed by atoms with Gasteiger partial charge in [-0.05, 0) is 44.7 Å². The Labute approximate surface area is 162 Å². The molecule has 1 saturated carbocycles. The molecule has 0 unspecified atom stereocenters. The van der Waals surface area contributed by atoms with Gasteiger partial charge >= 0.3 is 5.97 Å². The maximum absolute atomic E-state index is 12.3. The highest BCUT2D eigenvalue weighted by Crippen LogP contribution is 2.32. The second kappa shape index (κ2) is 8.37. The second-order valence-electron chi connectivity index (χ2n) is 7.25. The molecule has 2 fully saturated rings. The van der Waals surface area contributed by atoms with Crippen LogP contribution in [0.5, 0.6) is 0 Å². The Morgan fingerprint density at radius 1 is 1.11 bits per heavy atom. The molecule has 28 heavy (non-hydrogen) atoms. The van der Waals surface area contributed by atoms with Crippen LogP contribution in [0.2, 0.25) is 0 Å². The number of nitro benzene ring substituents is 1. The third kappa shape index (κ3) is 4.85. The van der Waals surface area contributed by atoms with E-state index in [4.69, 9.17) is 4.74 Å². The minimum Gasteiger partial charge on any atom is -0.452 e. The molecule has 2 aliphatic rings. The van der Waals surface area contributed by atoms with E-state index in [0.717, 1.165) is 12.8 Å². The van der Waals surface area contributed by atoms with Crippen molar-refractivity contribution in [1.82, 2.24) is 4.90 Å². The third-order valence-electron chi connectivity index (χ3n) is 5.07. The van der Waals surface area contributed by atoms with Gasteiger partial charge in [0, 0.05) is 36.8 Å². The van der Waals surface area contributed by atoms with Crippen molar-refractivity contribution in [2.45, 2.75) is 38.7 Å². The Balaban J connectivity index is 1.45. The molecule has 2 amide bonds. The van der Waals surface area contributed by atoms with Crippen molar-refractivity contribution in [3.63, 3.8) is 0 Å². The van der Waals surface area contributed by atoms with E-state index in [1.807, 2.05) is 4.90 Å². The summed E-state index contributed by atoms with van der Waals surface area (Å²) in [5.41, 5.74) is 0.300. The lowest BCUT2D eigenvalue weighted by Crippen LogP contribution is -2.42. The molecule has 3 rings (SSSR count). The molecular weight excluding hydrogens is 366 g/mol. The predicted molar refractivity (Wildman–Crippen MR) is 99.3 cm³/mol. The Morgan fingerprint density at radius 3 is 2.25 bits per heavy atom. The number of rotatable bonds is 6. The molecule has 1 aliphatic carbocycles. The standard InChI is InChI=1S/C19H23N3O6/c1-12(17(23)20-15-4-6-16(7-5-15)22(26)27)28-19(25)14-8-10-21(11-9-14)18(24)13-2-3-13/h4-7,12-14H,2-3,8-11H2,1H3,(H,20,23)/t12-/m0/s1. The van der Waals surface area contributed by atoms with Crippen LogP contribution in [0, 0.1) is 22.0 Å². The fourth-order valence-electron chi connectivity index (χ4n) is 3.16. The molecule has 1 atom stereocenters. The number of carbonyl (C=O) groups excluding carboxylic acids is 3. The van der Waals surface area contributed by atoms with Gasteiger partial charge in [-0.25, -0.2) is 0 Å². The number of benzene rings is 1. The summed E-state index contributed by atoms with van der Waals surface area (Å²) in [6, 6.07) is 5.39. The molecular formula is C19H23N3O6. The summed E-state index contributed by atoms with van der Waals surface area (Å²) in [6.07, 6.45) is 2.00. The maximum Gasteiger partial charge on any atom is 0.309 e. The first-order valence-corrected chi connectivity index (χ1v) is 9.39. The molecule has 1 aromatic rings. The third-order valence-corrected chi connectivity index (χ3v) is 5.07. The zero-order valence-corrected chi connectivity index (χ0v) is 15.6. The van der Waals surface area contributed by atoms with Crippen molar-refractivity contribution in [2.24, 2.45) is 11.8 Å². The van der Waals surface area contributed by atoms with Gasteiger partial charge < -0.3 is 15.0 Å². The van der Waals surface area contributed by atoms with Crippen LogP contribution in [0.4, 0.5) is 11.4 Å². The number of esters is 1. The number of amides is 2. The highest BCUT2D eigenvalue weighted by molar-refractivity contribution is 5.95. The molecule has 1 heterocycles. The van der Waals surface area contributed by atoms with Crippen molar-refractivity contribution in [2.75, 3.05) is 18.4 Å². The Morgan fingerprint density at radius 2 is 1.71 bits per heavy atom. The predicted octanol–water partition coefficient (Wildman–Crippen LogP) is 2.11. The first-order chi connectivity index (χ1) is 13.3. The van der Waals surface area contributed by atoms with E-state index < -0.39 is 22.9 Å². The number of hydrogen-bond acceptors (Lipinski definition) is 6. The van der Waals surface area contributed by atoms with Gasteiger partial charge in [0.2, 0.25) is 5.91 Å². The largest absolute Gasteiger partial charge is 0.452 e. The first kappa shape index (κ1) is 19.8. The van der Waals surface area contributed by atoms with Crippen LogP contribution >= 0.6 is 0 Å². The lowest BCUT2D eigenvalue weighted by atomic mass is 9.96. The number of nitrogens with one attached hydrogen (secondary N) is 1. The van der Waals surface area contributed by atoms with Gasteiger partial charge in [0.15, 0.2) is 6.10 Å². The molecule has 0 radical (unpaired) electrons. The number of ether oxygens (including phenoxy) is 1. The van der Waals surface area contributed by atoms with E-state index in [0.29, 0.717) is 31.6 Å². The zero-order valence-electron chi connectivity index (χ0n) is 15.6. The molecule has 1 aliphatic heterocycles. The molecule has 150 valence electrons. The fourth-order valence-corrected chi connectivity index (χ4v) is 3.16. The molecule has 9 heteroatoms. The summed E-state index contributed by atoms with van der Waals surface area (Å²) >= 11 is 0. The van der Waals surface area contributed by atoms with Crippen molar-refractivity contribution in [1.29, 1.82) is 0 Å². The van der Waals surface area contributed by atoms with E-state index in [-0.39, 0.29) is 23.4 Å². The van der Waals surface area contributed by atoms with Crippen molar-refractivity contribution >= 4 is 29.2 Å². The number of non-ortho nitro benzene ring substituents is 1. The molecule has 9 nitrogen and oxygen atoms in total. The van der Waals surface area contributed by atoms with Gasteiger partial charge in [-0.15, -0.1) is 0 Å². The number of carbonyl (C=O) groups is 3. The van der Waals surface area contributed by atoms with E-state index in [1.54, 1.807) is 0 Å². The van der Waals surface area contributed by atoms with Crippen LogP contribution in [-0.2, 0) is 19.1 Å². The summed E-state index contributed by atoms with van der Waals surface area (Å²) in [5, 5.41) is 13.2. The number of anilines is 1. The Hall–Kier alpha value is -2.97. The van der Waals surface area contributed by atoms with Crippen LogP contribution < -0.4 is 5.32 Å². The summed E-state index contributed by atoms with van der Waals surface area (Å²) in [6.45, 7) is 2.56. The van der Waals surface area contributed by atoms with Gasteiger partial charge in [-0.2, -0.15) is 0 Å². The van der Waals surface area contributed by atoms with Crippen LogP contribution in [0.25, 0.3) is 0 Å². The van der Waals surface area contributed by atoms with Gasteiger partial charge in [0.25, 0.3) is 11.6 Å². The Bertz CT molecular complexity index is 766. The summed E-state index contributed by atoms with van der Waals surface area (Å²) in [7, 11) is 0. The minimum absolute atomic E-state index is 0.0796. The quantitative estimate of drug-likeness (QED) is 0.452. The van der Waals surface area contributed by atoms with Crippen molar-refractivity contribution in [3.8, 4) is 0 Å². The lowest BCUT2D eigenvalue weighted by molar-refractivity contribution is -0.384. The smallest absolute Gasteiger partial charge is 0.309 e. The van der Waals surface area contributed by atoms with E-state index >= 15 is 0 Å². The average Bonchev–Trinajstić information content (AvgIpc) is 3.53. The normalized spacial score (nSPS) is 18.2. The number of nitro groups is 1. The van der Waals surface area contributed by atoms with E-state index in [1.165, 1.54) is 31.2 Å². The SMILES string of the molecule is C[C@H](OC(=O)C1CCN(C(=O)C2CC2)CC1)C(=O)Nc1ccc([N+](=O)[O-])cc1. The fraction of sp³-hybridized carbons (Fsp3) is 0.526. The summed E-state index contributed by atoms with van der Waals surface area (Å²) < 4.78 is 5.28. The second-order valence-corrected chi connectivity index (χ2v) is 7.25. The molecule has 1 saturated heterocycles. The highest BCUT2D eigenvalue weighted by atomic mass is 16.6. The molecule has 0 bridgehead atoms. The molecule has 0 spiro atoms. The van der Waals surface area contributed by atoms with Crippen molar-refractivity contribution in [3.05, 3.63) is 34.4 Å². The van der Waals surface area contributed by atoms with Crippen LogP contribution in [-0.4, -0.2) is 46.8 Å². The number of hydrogen-bond donors (Lipinski definition) is 1. The first-order valence-electron chi connectivity index (χ1n) is 9.39. The lowest BCUT2D eigenvalue weighted by Gasteiger charge is -2.31. The van der Waals surface area contributed by atoms with Gasteiger partial charge in [0.05, 0.1) is 10.8 Å². The van der Waals surface area contributed by atoms with Crippen LogP contribution in [0.15, 0.2) is 24.3 Å². The monoisotopic (exact) mass is 389 g/mol. The number of likely N-dealkylation sites (tertiary alicyclic amines) is 1. The molecule has 1 aromatic carbocycles. The van der Waals surface area contributed by atoms with Crippen molar-refractivity contribution < 1.29 is 24.0 Å². The minimum atomic E-state index is -0.992. The Kier molecular flexibility index (Phi) is 5.91. The number of piperidine rings is 1. The van der Waals surface area contributed by atoms with Gasteiger partial charge in [-0.1, -0.05) is 0 Å². The summed E-state index contributed by atoms with van der Waals surface area (Å²) in [5.74, 6) is -0.916. The topological polar surface area (TPSA) is 119 Å². The van der Waals surface area contributed by atoms with Crippen LogP contribution in [0.1, 0.15) is 32.6 Å². The zero-order chi connectivity index (χ0) is 20.3. The van der Waals surface area contributed by atoms with Crippen LogP contribution in [0.3, 0.4) is 0 Å².